The Morgan fingerprint density at radius 3 is 2.24 bits per heavy atom. The highest BCUT2D eigenvalue weighted by atomic mass is 31.2. The molecule has 1 atom stereocenters. The van der Waals surface area contributed by atoms with Crippen LogP contribution in [0.25, 0.3) is 11.0 Å². The molecule has 8 heteroatoms. The van der Waals surface area contributed by atoms with Gasteiger partial charge in [-0.2, -0.15) is 0 Å². The molecule has 0 aliphatic rings. The van der Waals surface area contributed by atoms with Gasteiger partial charge in [-0.25, -0.2) is 4.79 Å². The molecule has 1 heterocycles. The SMILES string of the molecule is CC(C)(C)c1ccc([Si](OP(=O)(O)Cc2cc(=O)oc3cc(O)ccc23)c2ccccc2)cc1. The standard InChI is InChI=1S/C26H26O6PSi/c1-26(2,3)19-9-12-22(13-10-19)34(21-7-5-4-6-8-21)32-33(29,30)17-18-15-25(28)31-24-16-20(27)11-14-23(18)24/h4-16,27H,17H2,1-3H3,(H,29,30). The van der Waals surface area contributed by atoms with E-state index in [2.05, 4.69) is 20.8 Å². The first-order valence-corrected chi connectivity index (χ1v) is 14.0. The van der Waals surface area contributed by atoms with Gasteiger partial charge in [0.1, 0.15) is 11.3 Å². The number of aromatic hydroxyl groups is 1. The van der Waals surface area contributed by atoms with Crippen LogP contribution < -0.4 is 16.0 Å². The van der Waals surface area contributed by atoms with Gasteiger partial charge in [0, 0.05) is 17.5 Å². The highest BCUT2D eigenvalue weighted by Gasteiger charge is 2.31. The Labute approximate surface area is 199 Å². The normalized spacial score (nSPS) is 13.8. The lowest BCUT2D eigenvalue weighted by atomic mass is 9.87. The quantitative estimate of drug-likeness (QED) is 0.236. The van der Waals surface area contributed by atoms with Gasteiger partial charge < -0.3 is 18.6 Å². The second kappa shape index (κ2) is 9.35. The molecule has 0 saturated heterocycles. The van der Waals surface area contributed by atoms with E-state index in [0.717, 1.165) is 15.9 Å². The van der Waals surface area contributed by atoms with Crippen molar-refractivity contribution >= 4 is 38.0 Å². The molecule has 0 fully saturated rings. The molecule has 34 heavy (non-hydrogen) atoms. The van der Waals surface area contributed by atoms with E-state index in [9.17, 15) is 19.4 Å². The van der Waals surface area contributed by atoms with Crippen molar-refractivity contribution in [2.45, 2.75) is 32.3 Å². The molecule has 0 spiro atoms. The van der Waals surface area contributed by atoms with Crippen LogP contribution in [0.2, 0.25) is 0 Å². The molecule has 1 aromatic heterocycles. The monoisotopic (exact) mass is 493 g/mol. The molecule has 0 aliphatic carbocycles. The Balaban J connectivity index is 1.70. The van der Waals surface area contributed by atoms with Crippen LogP contribution in [0, 0.1) is 0 Å². The predicted molar refractivity (Wildman–Crippen MR) is 135 cm³/mol. The third kappa shape index (κ3) is 5.57. The molecule has 1 radical (unpaired) electrons. The van der Waals surface area contributed by atoms with E-state index in [1.54, 1.807) is 6.07 Å². The lowest BCUT2D eigenvalue weighted by Gasteiger charge is -2.23. The lowest BCUT2D eigenvalue weighted by molar-refractivity contribution is 0.385. The first kappa shape index (κ1) is 24.2. The predicted octanol–water partition coefficient (Wildman–Crippen LogP) is 4.30. The number of phenols is 1. The molecule has 0 amide bonds. The summed E-state index contributed by atoms with van der Waals surface area (Å²) >= 11 is 0. The summed E-state index contributed by atoms with van der Waals surface area (Å²) < 4.78 is 24.5. The Bertz CT molecular complexity index is 1410. The average molecular weight is 494 g/mol. The molecule has 4 rings (SSSR count). The van der Waals surface area contributed by atoms with Crippen molar-refractivity contribution in [3.05, 3.63) is 100 Å². The van der Waals surface area contributed by atoms with E-state index in [0.29, 0.717) is 10.9 Å². The van der Waals surface area contributed by atoms with Crippen molar-refractivity contribution in [2.75, 3.05) is 0 Å². The molecule has 0 aliphatic heterocycles. The summed E-state index contributed by atoms with van der Waals surface area (Å²) in [6.07, 6.45) is -0.360. The number of benzene rings is 3. The first-order valence-electron chi connectivity index (χ1n) is 10.8. The molecule has 0 bridgehead atoms. The molecule has 6 nitrogen and oxygen atoms in total. The van der Waals surface area contributed by atoms with Gasteiger partial charge in [-0.3, -0.25) is 4.57 Å². The Kier molecular flexibility index (Phi) is 6.65. The highest BCUT2D eigenvalue weighted by Crippen LogP contribution is 2.47. The van der Waals surface area contributed by atoms with Crippen LogP contribution >= 0.6 is 7.60 Å². The third-order valence-corrected chi connectivity index (χ3v) is 9.79. The van der Waals surface area contributed by atoms with Crippen LogP contribution in [0.5, 0.6) is 5.75 Å². The molecule has 0 saturated carbocycles. The maximum Gasteiger partial charge on any atom is 0.336 e. The van der Waals surface area contributed by atoms with Crippen molar-refractivity contribution in [1.82, 2.24) is 0 Å². The van der Waals surface area contributed by atoms with E-state index in [-0.39, 0.29) is 22.9 Å². The van der Waals surface area contributed by atoms with Crippen molar-refractivity contribution in [2.24, 2.45) is 0 Å². The first-order chi connectivity index (χ1) is 16.0. The van der Waals surface area contributed by atoms with Gasteiger partial charge in [0.2, 0.25) is 0 Å². The van der Waals surface area contributed by atoms with Crippen molar-refractivity contribution < 1.29 is 23.2 Å². The van der Waals surface area contributed by atoms with E-state index < -0.39 is 22.3 Å². The van der Waals surface area contributed by atoms with Crippen LogP contribution in [-0.4, -0.2) is 19.0 Å². The van der Waals surface area contributed by atoms with Crippen LogP contribution in [0.3, 0.4) is 0 Å². The smallest absolute Gasteiger partial charge is 0.336 e. The number of rotatable bonds is 6. The van der Waals surface area contributed by atoms with Crippen LogP contribution in [0.4, 0.5) is 0 Å². The Morgan fingerprint density at radius 2 is 1.59 bits per heavy atom. The maximum absolute atomic E-state index is 13.4. The molecular weight excluding hydrogens is 467 g/mol. The fourth-order valence-electron chi connectivity index (χ4n) is 3.72. The third-order valence-electron chi connectivity index (χ3n) is 5.47. The number of hydrogen-bond acceptors (Lipinski definition) is 5. The topological polar surface area (TPSA) is 97.0 Å². The van der Waals surface area contributed by atoms with E-state index in [1.807, 2.05) is 54.6 Å². The minimum atomic E-state index is -4.18. The van der Waals surface area contributed by atoms with Gasteiger partial charge in [0.05, 0.1) is 6.16 Å². The number of fused-ring (bicyclic) bond motifs is 1. The molecule has 1 unspecified atom stereocenters. The summed E-state index contributed by atoms with van der Waals surface area (Å²) in [4.78, 5) is 23.0. The van der Waals surface area contributed by atoms with Crippen molar-refractivity contribution in [3.63, 3.8) is 0 Å². The molecular formula is C26H26O6PSi. The van der Waals surface area contributed by atoms with Crippen LogP contribution in [-0.2, 0) is 20.4 Å². The van der Waals surface area contributed by atoms with Gasteiger partial charge >= 0.3 is 13.2 Å². The van der Waals surface area contributed by atoms with Crippen LogP contribution in [0.1, 0.15) is 31.9 Å². The fourth-order valence-corrected chi connectivity index (χ4v) is 7.96. The highest BCUT2D eigenvalue weighted by molar-refractivity contribution is 7.53. The van der Waals surface area contributed by atoms with Crippen molar-refractivity contribution in [1.29, 1.82) is 0 Å². The van der Waals surface area contributed by atoms with E-state index in [4.69, 9.17) is 8.63 Å². The Morgan fingerprint density at radius 1 is 0.941 bits per heavy atom. The minimum absolute atomic E-state index is 0.0187. The summed E-state index contributed by atoms with van der Waals surface area (Å²) in [5.41, 5.74) is 0.946. The van der Waals surface area contributed by atoms with Crippen LogP contribution in [0.15, 0.2) is 88.1 Å². The molecule has 175 valence electrons. The lowest BCUT2D eigenvalue weighted by Crippen LogP contribution is -2.44. The van der Waals surface area contributed by atoms with Crippen molar-refractivity contribution in [3.8, 4) is 5.75 Å². The van der Waals surface area contributed by atoms with Gasteiger partial charge in [-0.15, -0.1) is 0 Å². The van der Waals surface area contributed by atoms with Gasteiger partial charge in [-0.05, 0) is 39.0 Å². The largest absolute Gasteiger partial charge is 0.508 e. The number of phenolic OH excluding ortho intramolecular Hbond substituents is 1. The number of hydrogen-bond donors (Lipinski definition) is 2. The zero-order chi connectivity index (χ0) is 24.5. The summed E-state index contributed by atoms with van der Waals surface area (Å²) in [5, 5.41) is 11.9. The van der Waals surface area contributed by atoms with Gasteiger partial charge in [-0.1, -0.05) is 75.4 Å². The Hall–Kier alpha value is -2.96. The molecule has 2 N–H and O–H groups in total. The fraction of sp³-hybridized carbons (Fsp3) is 0.192. The second-order valence-electron chi connectivity index (χ2n) is 9.18. The molecule has 4 aromatic rings. The summed E-state index contributed by atoms with van der Waals surface area (Å²) in [5.74, 6) is -0.0653. The summed E-state index contributed by atoms with van der Waals surface area (Å²) in [7, 11) is -6.24. The zero-order valence-electron chi connectivity index (χ0n) is 19.2. The second-order valence-corrected chi connectivity index (χ2v) is 13.3. The van der Waals surface area contributed by atoms with Gasteiger partial charge in [0.15, 0.2) is 0 Å². The molecule has 3 aromatic carbocycles. The average Bonchev–Trinajstić information content (AvgIpc) is 2.77. The minimum Gasteiger partial charge on any atom is -0.508 e. The summed E-state index contributed by atoms with van der Waals surface area (Å²) in [6.45, 7) is 6.39. The van der Waals surface area contributed by atoms with Gasteiger partial charge in [0.25, 0.3) is 9.04 Å². The maximum atomic E-state index is 13.4. The van der Waals surface area contributed by atoms with E-state index in [1.165, 1.54) is 18.2 Å². The summed E-state index contributed by atoms with van der Waals surface area (Å²) in [6, 6.07) is 22.9. The zero-order valence-corrected chi connectivity index (χ0v) is 21.1. The van der Waals surface area contributed by atoms with E-state index >= 15 is 0 Å².